The molecule has 0 amide bonds. The predicted octanol–water partition coefficient (Wildman–Crippen LogP) is 1.31. The third-order valence-electron chi connectivity index (χ3n) is 3.64. The van der Waals surface area contributed by atoms with Crippen LogP contribution in [0.15, 0.2) is 53.3 Å². The molecular formula is C16H13N7O. The number of rotatable bonds is 2. The van der Waals surface area contributed by atoms with E-state index < -0.39 is 0 Å². The van der Waals surface area contributed by atoms with Crippen LogP contribution in [0.25, 0.3) is 28.4 Å². The van der Waals surface area contributed by atoms with E-state index in [2.05, 4.69) is 20.3 Å². The lowest BCUT2D eigenvalue weighted by atomic mass is 10.1. The lowest BCUT2D eigenvalue weighted by molar-refractivity contribution is 0.899. The Morgan fingerprint density at radius 3 is 2.62 bits per heavy atom. The molecule has 8 heteroatoms. The van der Waals surface area contributed by atoms with Crippen LogP contribution in [0.4, 0.5) is 11.4 Å². The molecule has 0 bridgehead atoms. The zero-order valence-corrected chi connectivity index (χ0v) is 12.5. The number of anilines is 2. The highest BCUT2D eigenvalue weighted by Crippen LogP contribution is 2.22. The van der Waals surface area contributed by atoms with Gasteiger partial charge in [0, 0.05) is 22.5 Å². The van der Waals surface area contributed by atoms with E-state index in [1.165, 1.54) is 4.52 Å². The van der Waals surface area contributed by atoms with Crippen LogP contribution < -0.4 is 17.0 Å². The van der Waals surface area contributed by atoms with E-state index in [0.717, 1.165) is 5.56 Å². The van der Waals surface area contributed by atoms with Crippen molar-refractivity contribution in [2.45, 2.75) is 0 Å². The number of nitrogen functional groups attached to an aromatic ring is 2. The average Bonchev–Trinajstić information content (AvgIpc) is 2.97. The van der Waals surface area contributed by atoms with Gasteiger partial charge in [-0.15, -0.1) is 10.2 Å². The third-order valence-corrected chi connectivity index (χ3v) is 3.64. The number of benzene rings is 2. The fraction of sp³-hybridized carbons (Fsp3) is 0. The van der Waals surface area contributed by atoms with Crippen molar-refractivity contribution in [2.75, 3.05) is 11.5 Å². The third kappa shape index (κ3) is 2.17. The van der Waals surface area contributed by atoms with Gasteiger partial charge in [0.15, 0.2) is 11.5 Å². The highest BCUT2D eigenvalue weighted by molar-refractivity contribution is 5.73. The van der Waals surface area contributed by atoms with Crippen LogP contribution in [0.2, 0.25) is 0 Å². The molecule has 0 radical (unpaired) electrons. The van der Waals surface area contributed by atoms with Crippen molar-refractivity contribution < 1.29 is 0 Å². The van der Waals surface area contributed by atoms with Gasteiger partial charge in [0.2, 0.25) is 0 Å². The van der Waals surface area contributed by atoms with E-state index in [-0.39, 0.29) is 17.0 Å². The molecule has 2 heterocycles. The van der Waals surface area contributed by atoms with Gasteiger partial charge in [-0.2, -0.15) is 9.61 Å². The molecule has 0 atom stereocenters. The first-order valence-electron chi connectivity index (χ1n) is 7.20. The minimum Gasteiger partial charge on any atom is -0.399 e. The number of hydrogen-bond acceptors (Lipinski definition) is 6. The molecule has 0 aliphatic rings. The lowest BCUT2D eigenvalue weighted by Crippen LogP contribution is -2.16. The fourth-order valence-corrected chi connectivity index (χ4v) is 2.51. The molecule has 2 aromatic carbocycles. The van der Waals surface area contributed by atoms with Crippen molar-refractivity contribution in [1.29, 1.82) is 0 Å². The first-order valence-corrected chi connectivity index (χ1v) is 7.20. The lowest BCUT2D eigenvalue weighted by Gasteiger charge is -2.05. The molecule has 5 N–H and O–H groups in total. The maximum Gasteiger partial charge on any atom is 0.279 e. The zero-order chi connectivity index (χ0) is 16.7. The van der Waals surface area contributed by atoms with Crippen molar-refractivity contribution in [3.8, 4) is 22.6 Å². The van der Waals surface area contributed by atoms with E-state index >= 15 is 0 Å². The van der Waals surface area contributed by atoms with Crippen molar-refractivity contribution in [3.63, 3.8) is 0 Å². The second-order valence-electron chi connectivity index (χ2n) is 5.27. The topological polar surface area (TPSA) is 128 Å². The number of fused-ring (bicyclic) bond motifs is 1. The van der Waals surface area contributed by atoms with E-state index in [4.69, 9.17) is 11.5 Å². The largest absolute Gasteiger partial charge is 0.399 e. The maximum absolute atomic E-state index is 12.3. The molecule has 8 nitrogen and oxygen atoms in total. The first kappa shape index (κ1) is 13.9. The van der Waals surface area contributed by atoms with Crippen LogP contribution in [0.3, 0.4) is 0 Å². The highest BCUT2D eigenvalue weighted by Gasteiger charge is 2.15. The Balaban J connectivity index is 1.99. The van der Waals surface area contributed by atoms with Gasteiger partial charge in [0.05, 0.1) is 0 Å². The summed E-state index contributed by atoms with van der Waals surface area (Å²) >= 11 is 0. The number of para-hydroxylation sites is 1. The summed E-state index contributed by atoms with van der Waals surface area (Å²) in [6, 6.07) is 14.2. The molecule has 0 saturated heterocycles. The summed E-state index contributed by atoms with van der Waals surface area (Å²) < 4.78 is 1.47. The normalized spacial score (nSPS) is 11.0. The van der Waals surface area contributed by atoms with Crippen molar-refractivity contribution in [3.05, 3.63) is 58.9 Å². The van der Waals surface area contributed by atoms with Gasteiger partial charge in [-0.1, -0.05) is 30.3 Å². The summed E-state index contributed by atoms with van der Waals surface area (Å²) in [5, 5.41) is 12.5. The van der Waals surface area contributed by atoms with Gasteiger partial charge in [-0.3, -0.25) is 9.78 Å². The molecule has 0 unspecified atom stereocenters. The van der Waals surface area contributed by atoms with E-state index in [0.29, 0.717) is 22.8 Å². The van der Waals surface area contributed by atoms with Gasteiger partial charge in [-0.25, -0.2) is 0 Å². The van der Waals surface area contributed by atoms with E-state index in [1.54, 1.807) is 36.4 Å². The van der Waals surface area contributed by atoms with Crippen LogP contribution in [-0.2, 0) is 0 Å². The number of nitrogens with two attached hydrogens (primary N) is 2. The summed E-state index contributed by atoms with van der Waals surface area (Å²) in [5.74, 6) is 0.722. The summed E-state index contributed by atoms with van der Waals surface area (Å²) in [4.78, 5) is 15.0. The maximum atomic E-state index is 12.3. The Kier molecular flexibility index (Phi) is 3.02. The number of aromatic amines is 1. The quantitative estimate of drug-likeness (QED) is 0.478. The van der Waals surface area contributed by atoms with Crippen LogP contribution >= 0.6 is 0 Å². The average molecular weight is 319 g/mol. The molecule has 4 aromatic rings. The second-order valence-corrected chi connectivity index (χ2v) is 5.27. The summed E-state index contributed by atoms with van der Waals surface area (Å²) in [6.07, 6.45) is 0. The van der Waals surface area contributed by atoms with Crippen LogP contribution in [0, 0.1) is 0 Å². The van der Waals surface area contributed by atoms with E-state index in [1.807, 2.05) is 12.1 Å². The van der Waals surface area contributed by atoms with Gasteiger partial charge >= 0.3 is 0 Å². The molecule has 118 valence electrons. The summed E-state index contributed by atoms with van der Waals surface area (Å²) in [5.41, 5.74) is 14.0. The minimum atomic E-state index is -0.382. The van der Waals surface area contributed by atoms with E-state index in [9.17, 15) is 4.79 Å². The zero-order valence-electron chi connectivity index (χ0n) is 12.5. The SMILES string of the molecule is Nc1cccc(-c2nnc3[nH]c(=O)c(-c4ccccc4N)nn23)c1. The fourth-order valence-electron chi connectivity index (χ4n) is 2.51. The molecule has 0 fully saturated rings. The number of nitrogens with one attached hydrogen (secondary N) is 1. The second kappa shape index (κ2) is 5.20. The Bertz CT molecular complexity index is 1110. The smallest absolute Gasteiger partial charge is 0.279 e. The summed E-state index contributed by atoms with van der Waals surface area (Å²) in [7, 11) is 0. The van der Waals surface area contributed by atoms with Crippen LogP contribution in [0.1, 0.15) is 0 Å². The van der Waals surface area contributed by atoms with Gasteiger partial charge < -0.3 is 11.5 Å². The molecule has 0 saturated carbocycles. The van der Waals surface area contributed by atoms with Crippen molar-refractivity contribution in [1.82, 2.24) is 24.8 Å². The monoisotopic (exact) mass is 319 g/mol. The van der Waals surface area contributed by atoms with Gasteiger partial charge in [0.25, 0.3) is 11.3 Å². The molecule has 24 heavy (non-hydrogen) atoms. The van der Waals surface area contributed by atoms with Crippen LogP contribution in [-0.4, -0.2) is 24.8 Å². The predicted molar refractivity (Wildman–Crippen MR) is 91.1 cm³/mol. The Morgan fingerprint density at radius 1 is 1.00 bits per heavy atom. The number of nitrogens with zero attached hydrogens (tertiary/aromatic N) is 4. The number of H-pyrrole nitrogens is 1. The molecule has 0 aliphatic carbocycles. The Morgan fingerprint density at radius 2 is 1.83 bits per heavy atom. The molecule has 4 rings (SSSR count). The summed E-state index contributed by atoms with van der Waals surface area (Å²) in [6.45, 7) is 0. The van der Waals surface area contributed by atoms with Crippen LogP contribution in [0.5, 0.6) is 0 Å². The molecular weight excluding hydrogens is 306 g/mol. The molecule has 0 spiro atoms. The van der Waals surface area contributed by atoms with Crippen molar-refractivity contribution >= 4 is 17.2 Å². The Labute approximate surface area is 135 Å². The first-order chi connectivity index (χ1) is 11.6. The van der Waals surface area contributed by atoms with Crippen molar-refractivity contribution in [2.24, 2.45) is 0 Å². The standard InChI is InChI=1S/C16H13N7O/c17-10-5-3-4-9(8-10)14-20-21-16-19-15(24)13(22-23(14)16)11-6-1-2-7-12(11)18/h1-8H,17-18H2,(H,19,21,24). The minimum absolute atomic E-state index is 0.200. The molecule has 2 aromatic heterocycles. The Hall–Kier alpha value is -3.68. The van der Waals surface area contributed by atoms with Gasteiger partial charge in [-0.05, 0) is 18.2 Å². The molecule has 0 aliphatic heterocycles. The number of hydrogen-bond donors (Lipinski definition) is 3. The highest BCUT2D eigenvalue weighted by atomic mass is 16.1. The van der Waals surface area contributed by atoms with Gasteiger partial charge in [0.1, 0.15) is 0 Å². The number of aromatic nitrogens is 5.